The Morgan fingerprint density at radius 3 is 3.13 bits per heavy atom. The molecule has 2 aromatic heterocycles. The Balaban J connectivity index is 1.80. The van der Waals surface area contributed by atoms with Crippen LogP contribution in [0.3, 0.4) is 0 Å². The van der Waals surface area contributed by atoms with Crippen LogP contribution in [0.4, 0.5) is 0 Å². The molecule has 0 amide bonds. The molecule has 15 heavy (non-hydrogen) atoms. The van der Waals surface area contributed by atoms with Gasteiger partial charge in [-0.1, -0.05) is 11.8 Å². The number of aromatic amines is 1. The molecular weight excluding hydrogens is 194 g/mol. The monoisotopic (exact) mass is 205 g/mol. The normalized spacial score (nSPS) is 10.4. The minimum atomic E-state index is 0.579. The van der Waals surface area contributed by atoms with Gasteiger partial charge in [-0.25, -0.2) is 4.68 Å². The standard InChI is InChI=1S/C8H11N7/c1-2-15-6-7(4-10-15)3-9-5-8-11-13-14-12-8/h2,4,6,9H,1,3,5H2,(H,11,12,13,14). The van der Waals surface area contributed by atoms with Crippen LogP contribution in [0, 0.1) is 0 Å². The van der Waals surface area contributed by atoms with Gasteiger partial charge in [0.1, 0.15) is 0 Å². The molecule has 0 aliphatic carbocycles. The largest absolute Gasteiger partial charge is 0.305 e. The number of nitrogens with one attached hydrogen (secondary N) is 2. The molecule has 2 heterocycles. The van der Waals surface area contributed by atoms with Crippen molar-refractivity contribution < 1.29 is 0 Å². The number of hydrogen-bond donors (Lipinski definition) is 2. The minimum absolute atomic E-state index is 0.579. The van der Waals surface area contributed by atoms with Gasteiger partial charge in [-0.3, -0.25) is 0 Å². The fourth-order valence-electron chi connectivity index (χ4n) is 1.14. The first kappa shape index (κ1) is 9.53. The molecule has 0 aliphatic rings. The van der Waals surface area contributed by atoms with E-state index in [0.717, 1.165) is 5.56 Å². The zero-order valence-corrected chi connectivity index (χ0v) is 8.09. The quantitative estimate of drug-likeness (QED) is 0.705. The highest BCUT2D eigenvalue weighted by molar-refractivity contribution is 5.17. The van der Waals surface area contributed by atoms with Crippen molar-refractivity contribution in [3.8, 4) is 0 Å². The highest BCUT2D eigenvalue weighted by Gasteiger charge is 1.99. The first-order valence-electron chi connectivity index (χ1n) is 4.47. The molecule has 0 unspecified atom stereocenters. The number of aromatic nitrogens is 6. The Labute approximate surface area is 86.2 Å². The molecule has 2 aromatic rings. The highest BCUT2D eigenvalue weighted by atomic mass is 15.5. The number of tetrazole rings is 1. The molecule has 0 aromatic carbocycles. The zero-order chi connectivity index (χ0) is 10.5. The van der Waals surface area contributed by atoms with Crippen LogP contribution in [0.25, 0.3) is 6.20 Å². The minimum Gasteiger partial charge on any atom is -0.305 e. The van der Waals surface area contributed by atoms with Crippen LogP contribution in [0.15, 0.2) is 19.0 Å². The van der Waals surface area contributed by atoms with Crippen LogP contribution in [0.2, 0.25) is 0 Å². The van der Waals surface area contributed by atoms with Gasteiger partial charge in [-0.05, 0) is 0 Å². The summed E-state index contributed by atoms with van der Waals surface area (Å²) in [6.07, 6.45) is 5.32. The van der Waals surface area contributed by atoms with Gasteiger partial charge in [0.25, 0.3) is 0 Å². The molecule has 2 rings (SSSR count). The number of H-pyrrole nitrogens is 1. The van der Waals surface area contributed by atoms with Crippen LogP contribution < -0.4 is 5.32 Å². The first-order chi connectivity index (χ1) is 7.38. The van der Waals surface area contributed by atoms with Crippen molar-refractivity contribution in [2.75, 3.05) is 0 Å². The Bertz CT molecular complexity index is 416. The van der Waals surface area contributed by atoms with E-state index in [1.165, 1.54) is 0 Å². The lowest BCUT2D eigenvalue weighted by Gasteiger charge is -1.97. The average Bonchev–Trinajstić information content (AvgIpc) is 2.88. The van der Waals surface area contributed by atoms with E-state index in [0.29, 0.717) is 18.9 Å². The first-order valence-corrected chi connectivity index (χ1v) is 4.47. The smallest absolute Gasteiger partial charge is 0.188 e. The summed E-state index contributed by atoms with van der Waals surface area (Å²) in [5.74, 6) is 0.645. The molecule has 0 saturated carbocycles. The van der Waals surface area contributed by atoms with E-state index in [2.05, 4.69) is 37.6 Å². The van der Waals surface area contributed by atoms with Crippen molar-refractivity contribution >= 4 is 6.20 Å². The predicted molar refractivity (Wildman–Crippen MR) is 53.3 cm³/mol. The van der Waals surface area contributed by atoms with Gasteiger partial charge < -0.3 is 5.32 Å². The van der Waals surface area contributed by atoms with E-state index >= 15 is 0 Å². The second kappa shape index (κ2) is 4.47. The molecule has 0 atom stereocenters. The van der Waals surface area contributed by atoms with Crippen molar-refractivity contribution in [2.24, 2.45) is 0 Å². The number of nitrogens with zero attached hydrogens (tertiary/aromatic N) is 5. The molecule has 7 nitrogen and oxygen atoms in total. The predicted octanol–water partition coefficient (Wildman–Crippen LogP) is -0.214. The summed E-state index contributed by atoms with van der Waals surface area (Å²) in [5.41, 5.74) is 1.08. The summed E-state index contributed by atoms with van der Waals surface area (Å²) in [5, 5.41) is 20.7. The van der Waals surface area contributed by atoms with E-state index < -0.39 is 0 Å². The topological polar surface area (TPSA) is 84.3 Å². The Morgan fingerprint density at radius 1 is 1.53 bits per heavy atom. The van der Waals surface area contributed by atoms with E-state index in [-0.39, 0.29) is 0 Å². The van der Waals surface area contributed by atoms with Gasteiger partial charge in [0.2, 0.25) is 0 Å². The van der Waals surface area contributed by atoms with Crippen molar-refractivity contribution in [3.63, 3.8) is 0 Å². The van der Waals surface area contributed by atoms with Crippen LogP contribution >= 0.6 is 0 Å². The lowest BCUT2D eigenvalue weighted by Crippen LogP contribution is -2.13. The van der Waals surface area contributed by atoms with Crippen molar-refractivity contribution in [3.05, 3.63) is 30.4 Å². The molecule has 0 saturated heterocycles. The maximum Gasteiger partial charge on any atom is 0.188 e. The Morgan fingerprint density at radius 2 is 2.47 bits per heavy atom. The third-order valence-electron chi connectivity index (χ3n) is 1.84. The van der Waals surface area contributed by atoms with Crippen LogP contribution in [-0.4, -0.2) is 30.4 Å². The lowest BCUT2D eigenvalue weighted by molar-refractivity contribution is 0.663. The third kappa shape index (κ3) is 2.47. The van der Waals surface area contributed by atoms with Crippen molar-refractivity contribution in [2.45, 2.75) is 13.1 Å². The van der Waals surface area contributed by atoms with Crippen LogP contribution in [0.5, 0.6) is 0 Å². The van der Waals surface area contributed by atoms with Gasteiger partial charge in [0.15, 0.2) is 5.82 Å². The second-order valence-corrected chi connectivity index (χ2v) is 2.94. The molecule has 0 bridgehead atoms. The van der Waals surface area contributed by atoms with E-state index in [9.17, 15) is 0 Å². The summed E-state index contributed by atoms with van der Waals surface area (Å²) < 4.78 is 1.66. The molecule has 2 N–H and O–H groups in total. The molecule has 0 radical (unpaired) electrons. The van der Waals surface area contributed by atoms with Crippen molar-refractivity contribution in [1.29, 1.82) is 0 Å². The Kier molecular flexibility index (Phi) is 2.84. The summed E-state index contributed by atoms with van der Waals surface area (Å²) in [6, 6.07) is 0. The zero-order valence-electron chi connectivity index (χ0n) is 8.09. The molecule has 0 aliphatic heterocycles. The molecule has 0 spiro atoms. The average molecular weight is 205 g/mol. The molecule has 78 valence electrons. The third-order valence-corrected chi connectivity index (χ3v) is 1.84. The molecule has 7 heteroatoms. The van der Waals surface area contributed by atoms with E-state index in [1.54, 1.807) is 17.1 Å². The van der Waals surface area contributed by atoms with Crippen LogP contribution in [-0.2, 0) is 13.1 Å². The van der Waals surface area contributed by atoms with Crippen LogP contribution in [0.1, 0.15) is 11.4 Å². The van der Waals surface area contributed by atoms with Gasteiger partial charge in [0.05, 0.1) is 12.7 Å². The Hall–Kier alpha value is -2.02. The summed E-state index contributed by atoms with van der Waals surface area (Å²) >= 11 is 0. The second-order valence-electron chi connectivity index (χ2n) is 2.94. The van der Waals surface area contributed by atoms with Gasteiger partial charge in [-0.15, -0.1) is 10.2 Å². The summed E-state index contributed by atoms with van der Waals surface area (Å²) in [7, 11) is 0. The number of hydrogen-bond acceptors (Lipinski definition) is 5. The van der Waals surface area contributed by atoms with E-state index in [1.807, 2.05) is 6.20 Å². The van der Waals surface area contributed by atoms with Gasteiger partial charge in [0, 0.05) is 24.5 Å². The van der Waals surface area contributed by atoms with Crippen molar-refractivity contribution in [1.82, 2.24) is 35.7 Å². The SMILES string of the molecule is C=Cn1cc(CNCc2nn[nH]n2)cn1. The summed E-state index contributed by atoms with van der Waals surface area (Å²) in [6.45, 7) is 4.90. The summed E-state index contributed by atoms with van der Waals surface area (Å²) in [4.78, 5) is 0. The lowest BCUT2D eigenvalue weighted by atomic mass is 10.3. The maximum absolute atomic E-state index is 4.06. The van der Waals surface area contributed by atoms with Gasteiger partial charge >= 0.3 is 0 Å². The highest BCUT2D eigenvalue weighted by Crippen LogP contribution is 1.97. The fourth-order valence-corrected chi connectivity index (χ4v) is 1.14. The van der Waals surface area contributed by atoms with Gasteiger partial charge in [-0.2, -0.15) is 10.3 Å². The fraction of sp³-hybridized carbons (Fsp3) is 0.250. The number of rotatable bonds is 5. The maximum atomic E-state index is 4.06. The molecular formula is C8H11N7. The molecule has 0 fully saturated rings. The van der Waals surface area contributed by atoms with E-state index in [4.69, 9.17) is 0 Å².